The van der Waals surface area contributed by atoms with Crippen molar-refractivity contribution in [3.63, 3.8) is 0 Å². The Hall–Kier alpha value is -1.80. The molecule has 1 aromatic rings. The van der Waals surface area contributed by atoms with Crippen LogP contribution in [0.4, 0.5) is 13.2 Å². The second-order valence-electron chi connectivity index (χ2n) is 5.79. The number of likely N-dealkylation sites (tertiary alicyclic amines) is 1. The molecule has 0 radical (unpaired) electrons. The molecule has 0 N–H and O–H groups in total. The number of halogens is 3. The van der Waals surface area contributed by atoms with Crippen LogP contribution < -0.4 is 5.69 Å². The topological polar surface area (TPSA) is 60.1 Å². The Morgan fingerprint density at radius 3 is 2.32 bits per heavy atom. The van der Waals surface area contributed by atoms with Gasteiger partial charge in [0.1, 0.15) is 6.04 Å². The van der Waals surface area contributed by atoms with Crippen LogP contribution in [0.15, 0.2) is 4.79 Å². The van der Waals surface area contributed by atoms with Crippen LogP contribution in [0, 0.1) is 5.92 Å². The maximum Gasteiger partial charge on any atom is 0.451 e. The third-order valence-electron chi connectivity index (χ3n) is 4.08. The Morgan fingerprint density at radius 2 is 1.86 bits per heavy atom. The Morgan fingerprint density at radius 1 is 1.32 bits per heavy atom. The van der Waals surface area contributed by atoms with Crippen LogP contribution in [-0.2, 0) is 18.0 Å². The van der Waals surface area contributed by atoms with E-state index in [4.69, 9.17) is 0 Å². The highest BCUT2D eigenvalue weighted by atomic mass is 19.4. The highest BCUT2D eigenvalue weighted by Gasteiger charge is 2.39. The third-order valence-corrected chi connectivity index (χ3v) is 4.08. The second kappa shape index (κ2) is 5.77. The van der Waals surface area contributed by atoms with E-state index in [0.717, 1.165) is 19.9 Å². The van der Waals surface area contributed by atoms with Gasteiger partial charge in [0.15, 0.2) is 0 Å². The van der Waals surface area contributed by atoms with Gasteiger partial charge in [0.05, 0.1) is 0 Å². The zero-order valence-corrected chi connectivity index (χ0v) is 12.7. The minimum Gasteiger partial charge on any atom is -0.341 e. The van der Waals surface area contributed by atoms with Crippen LogP contribution in [0.1, 0.15) is 38.6 Å². The Balaban J connectivity index is 2.24. The molecule has 1 amide bonds. The number of carbonyl (C=O) groups excluding carboxylic acids is 1. The molecule has 2 heterocycles. The SMILES string of the molecule is CC1CCN(C(=O)C(C)n2nc(C(F)(F)F)n(C)c2=O)CC1. The third kappa shape index (κ3) is 3.02. The normalized spacial score (nSPS) is 18.5. The first-order valence-electron chi connectivity index (χ1n) is 7.14. The van der Waals surface area contributed by atoms with Crippen LogP contribution in [0.25, 0.3) is 0 Å². The summed E-state index contributed by atoms with van der Waals surface area (Å²) in [7, 11) is 0.994. The van der Waals surface area contributed by atoms with Gasteiger partial charge < -0.3 is 4.90 Å². The molecule has 22 heavy (non-hydrogen) atoms. The number of nitrogens with zero attached hydrogens (tertiary/aromatic N) is 4. The van der Waals surface area contributed by atoms with Gasteiger partial charge in [-0.2, -0.15) is 13.2 Å². The monoisotopic (exact) mass is 320 g/mol. The van der Waals surface area contributed by atoms with Crippen molar-refractivity contribution >= 4 is 5.91 Å². The van der Waals surface area contributed by atoms with Gasteiger partial charge in [-0.15, -0.1) is 5.10 Å². The summed E-state index contributed by atoms with van der Waals surface area (Å²) in [5, 5.41) is 3.31. The standard InChI is InChI=1S/C13H19F3N4O2/c1-8-4-6-19(7-5-8)10(21)9(2)20-12(22)18(3)11(17-20)13(14,15)16/h8-9H,4-7H2,1-3H3. The molecular weight excluding hydrogens is 301 g/mol. The zero-order valence-electron chi connectivity index (χ0n) is 12.7. The first-order chi connectivity index (χ1) is 10.1. The fourth-order valence-corrected chi connectivity index (χ4v) is 2.55. The number of hydrogen-bond donors (Lipinski definition) is 0. The molecule has 0 saturated carbocycles. The van der Waals surface area contributed by atoms with E-state index in [1.807, 2.05) is 0 Å². The van der Waals surface area contributed by atoms with Gasteiger partial charge in [-0.25, -0.2) is 9.48 Å². The van der Waals surface area contributed by atoms with Gasteiger partial charge in [0.25, 0.3) is 0 Å². The van der Waals surface area contributed by atoms with Gasteiger partial charge in [0, 0.05) is 20.1 Å². The van der Waals surface area contributed by atoms with E-state index in [1.165, 1.54) is 6.92 Å². The highest BCUT2D eigenvalue weighted by Crippen LogP contribution is 2.27. The van der Waals surface area contributed by atoms with Gasteiger partial charge in [-0.05, 0) is 25.7 Å². The van der Waals surface area contributed by atoms with Gasteiger partial charge in [0.2, 0.25) is 11.7 Å². The fourth-order valence-electron chi connectivity index (χ4n) is 2.55. The Kier molecular flexibility index (Phi) is 4.35. The number of amides is 1. The van der Waals surface area contributed by atoms with E-state index in [0.29, 0.717) is 28.3 Å². The predicted octanol–water partition coefficient (Wildman–Crippen LogP) is 1.42. The molecule has 1 atom stereocenters. The number of rotatable bonds is 2. The van der Waals surface area contributed by atoms with Crippen LogP contribution in [0.2, 0.25) is 0 Å². The Bertz CT molecular complexity index is 612. The van der Waals surface area contributed by atoms with E-state index in [1.54, 1.807) is 4.90 Å². The first-order valence-corrected chi connectivity index (χ1v) is 7.14. The number of hydrogen-bond acceptors (Lipinski definition) is 3. The van der Waals surface area contributed by atoms with Crippen molar-refractivity contribution in [2.75, 3.05) is 13.1 Å². The summed E-state index contributed by atoms with van der Waals surface area (Å²) >= 11 is 0. The smallest absolute Gasteiger partial charge is 0.341 e. The summed E-state index contributed by atoms with van der Waals surface area (Å²) in [6, 6.07) is -1.05. The predicted molar refractivity (Wildman–Crippen MR) is 72.2 cm³/mol. The molecule has 0 bridgehead atoms. The highest BCUT2D eigenvalue weighted by molar-refractivity contribution is 5.80. The molecule has 1 unspecified atom stereocenters. The molecule has 0 spiro atoms. The zero-order chi connectivity index (χ0) is 16.7. The summed E-state index contributed by atoms with van der Waals surface area (Å²) < 4.78 is 39.4. The molecule has 6 nitrogen and oxygen atoms in total. The molecule has 124 valence electrons. The van der Waals surface area contributed by atoms with Crippen LogP contribution in [0.5, 0.6) is 0 Å². The molecule has 9 heteroatoms. The molecule has 1 aromatic heterocycles. The lowest BCUT2D eigenvalue weighted by Gasteiger charge is -2.31. The lowest BCUT2D eigenvalue weighted by molar-refractivity contribution is -0.148. The quantitative estimate of drug-likeness (QED) is 0.828. The molecule has 1 saturated heterocycles. The average molecular weight is 320 g/mol. The van der Waals surface area contributed by atoms with Gasteiger partial charge >= 0.3 is 11.9 Å². The van der Waals surface area contributed by atoms with Gasteiger partial charge in [-0.1, -0.05) is 6.92 Å². The maximum atomic E-state index is 12.8. The van der Waals surface area contributed by atoms with Crippen molar-refractivity contribution in [2.24, 2.45) is 13.0 Å². The van der Waals surface area contributed by atoms with Crippen molar-refractivity contribution in [3.05, 3.63) is 16.3 Å². The van der Waals surface area contributed by atoms with Crippen molar-refractivity contribution < 1.29 is 18.0 Å². The minimum absolute atomic E-state index is 0.374. The second-order valence-corrected chi connectivity index (χ2v) is 5.79. The summed E-state index contributed by atoms with van der Waals surface area (Å²) in [5.74, 6) is -1.15. The molecular formula is C13H19F3N4O2. The van der Waals surface area contributed by atoms with Crippen molar-refractivity contribution in [3.8, 4) is 0 Å². The lowest BCUT2D eigenvalue weighted by Crippen LogP contribution is -2.43. The molecule has 1 aliphatic heterocycles. The Labute approximate surface area is 125 Å². The van der Waals surface area contributed by atoms with Crippen LogP contribution in [0.3, 0.4) is 0 Å². The minimum atomic E-state index is -4.73. The molecule has 2 rings (SSSR count). The largest absolute Gasteiger partial charge is 0.451 e. The average Bonchev–Trinajstić information content (AvgIpc) is 2.74. The molecule has 0 aliphatic carbocycles. The van der Waals surface area contributed by atoms with E-state index in [-0.39, 0.29) is 5.91 Å². The number of carbonyl (C=O) groups is 1. The molecule has 1 fully saturated rings. The number of aromatic nitrogens is 3. The fraction of sp³-hybridized carbons (Fsp3) is 0.769. The van der Waals surface area contributed by atoms with Gasteiger partial charge in [-0.3, -0.25) is 9.36 Å². The van der Waals surface area contributed by atoms with Crippen molar-refractivity contribution in [1.29, 1.82) is 0 Å². The van der Waals surface area contributed by atoms with Crippen molar-refractivity contribution in [2.45, 2.75) is 38.9 Å². The molecule has 0 aromatic carbocycles. The summed E-state index contributed by atoms with van der Waals surface area (Å²) in [6.45, 7) is 4.59. The molecule has 1 aliphatic rings. The van der Waals surface area contributed by atoms with E-state index >= 15 is 0 Å². The first kappa shape index (κ1) is 16.6. The lowest BCUT2D eigenvalue weighted by atomic mass is 9.99. The van der Waals surface area contributed by atoms with E-state index < -0.39 is 23.7 Å². The summed E-state index contributed by atoms with van der Waals surface area (Å²) in [5.41, 5.74) is -0.946. The maximum absolute atomic E-state index is 12.8. The van der Waals surface area contributed by atoms with Crippen molar-refractivity contribution in [1.82, 2.24) is 19.2 Å². The summed E-state index contributed by atoms with van der Waals surface area (Å²) in [6.07, 6.45) is -3.03. The van der Waals surface area contributed by atoms with E-state index in [2.05, 4.69) is 12.0 Å². The van der Waals surface area contributed by atoms with Crippen LogP contribution >= 0.6 is 0 Å². The summed E-state index contributed by atoms with van der Waals surface area (Å²) in [4.78, 5) is 25.9. The number of alkyl halides is 3. The van der Waals surface area contributed by atoms with E-state index in [9.17, 15) is 22.8 Å². The number of piperidine rings is 1. The van der Waals surface area contributed by atoms with Crippen LogP contribution in [-0.4, -0.2) is 38.2 Å².